The average Bonchev–Trinajstić information content (AvgIpc) is 2.35. The first-order chi connectivity index (χ1) is 5.53. The number of hydrogen-bond acceptors (Lipinski definition) is 3. The van der Waals surface area contributed by atoms with Gasteiger partial charge in [0.1, 0.15) is 6.04 Å². The van der Waals surface area contributed by atoms with Crippen LogP contribution in [0.5, 0.6) is 0 Å². The molecule has 2 unspecified atom stereocenters. The lowest BCUT2D eigenvalue weighted by Gasteiger charge is -2.24. The molecule has 1 saturated heterocycles. The molecule has 0 aromatic heterocycles. The number of rotatable bonds is 3. The van der Waals surface area contributed by atoms with Crippen LogP contribution in [0.4, 0.5) is 0 Å². The normalized spacial score (nSPS) is 31.8. The van der Waals surface area contributed by atoms with Gasteiger partial charge in [0.15, 0.2) is 0 Å². The van der Waals surface area contributed by atoms with Gasteiger partial charge in [-0.2, -0.15) is 11.8 Å². The van der Waals surface area contributed by atoms with E-state index in [1.54, 1.807) is 0 Å². The van der Waals surface area contributed by atoms with Crippen molar-refractivity contribution in [1.82, 2.24) is 0 Å². The molecule has 1 rings (SSSR count). The first-order valence-corrected chi connectivity index (χ1v) is 5.14. The number of hydrogen-bond donors (Lipinski definition) is 2. The third-order valence-corrected chi connectivity index (χ3v) is 3.83. The van der Waals surface area contributed by atoms with E-state index in [1.165, 1.54) is 6.42 Å². The van der Waals surface area contributed by atoms with E-state index >= 15 is 0 Å². The fourth-order valence-corrected chi connectivity index (χ4v) is 2.92. The number of carboxylic acids is 1. The van der Waals surface area contributed by atoms with E-state index < -0.39 is 12.0 Å². The van der Waals surface area contributed by atoms with Crippen LogP contribution in [-0.2, 0) is 4.79 Å². The molecular formula is C8H15NO2S. The molecule has 0 aliphatic carbocycles. The maximum atomic E-state index is 10.5. The number of carbonyl (C=O) groups is 1. The average molecular weight is 189 g/mol. The number of thioether (sulfide) groups is 1. The van der Waals surface area contributed by atoms with Gasteiger partial charge < -0.3 is 10.8 Å². The second kappa shape index (κ2) is 3.66. The van der Waals surface area contributed by atoms with E-state index in [9.17, 15) is 4.79 Å². The lowest BCUT2D eigenvalue weighted by molar-refractivity contribution is -0.138. The summed E-state index contributed by atoms with van der Waals surface area (Å²) in [6, 6.07) is -0.694. The predicted octanol–water partition coefficient (Wildman–Crippen LogP) is 1.07. The number of nitrogens with two attached hydrogens (primary N) is 1. The van der Waals surface area contributed by atoms with Gasteiger partial charge in [-0.25, -0.2) is 0 Å². The van der Waals surface area contributed by atoms with E-state index in [4.69, 9.17) is 10.8 Å². The first kappa shape index (κ1) is 9.86. The van der Waals surface area contributed by atoms with Gasteiger partial charge in [-0.15, -0.1) is 0 Å². The summed E-state index contributed by atoms with van der Waals surface area (Å²) >= 11 is 1.85. The molecular weight excluding hydrogens is 174 g/mol. The van der Waals surface area contributed by atoms with Crippen LogP contribution in [0.1, 0.15) is 26.2 Å². The molecule has 0 aromatic rings. The van der Waals surface area contributed by atoms with E-state index in [0.29, 0.717) is 6.42 Å². The van der Waals surface area contributed by atoms with Gasteiger partial charge in [-0.3, -0.25) is 4.79 Å². The fourth-order valence-electron chi connectivity index (χ4n) is 1.55. The fraction of sp³-hybridized carbons (Fsp3) is 0.875. The van der Waals surface area contributed by atoms with Gasteiger partial charge in [-0.1, -0.05) is 6.92 Å². The summed E-state index contributed by atoms with van der Waals surface area (Å²) in [5.74, 6) is 0.256. The lowest BCUT2D eigenvalue weighted by atomic mass is 9.97. The molecule has 0 spiro atoms. The van der Waals surface area contributed by atoms with Crippen LogP contribution in [0.3, 0.4) is 0 Å². The Bertz CT molecular complexity index is 178. The van der Waals surface area contributed by atoms with E-state index in [1.807, 2.05) is 11.8 Å². The smallest absolute Gasteiger partial charge is 0.320 e. The van der Waals surface area contributed by atoms with Gasteiger partial charge in [0.05, 0.1) is 0 Å². The van der Waals surface area contributed by atoms with Crippen molar-refractivity contribution in [3.05, 3.63) is 0 Å². The summed E-state index contributed by atoms with van der Waals surface area (Å²) in [6.07, 6.45) is 2.87. The summed E-state index contributed by atoms with van der Waals surface area (Å²) in [5, 5.41) is 8.62. The predicted molar refractivity (Wildman–Crippen MR) is 50.3 cm³/mol. The first-order valence-electron chi connectivity index (χ1n) is 4.16. The zero-order valence-corrected chi connectivity index (χ0v) is 8.06. The van der Waals surface area contributed by atoms with Gasteiger partial charge in [0, 0.05) is 4.75 Å². The molecule has 2 atom stereocenters. The summed E-state index contributed by atoms with van der Waals surface area (Å²) in [6.45, 7) is 2.10. The molecule has 12 heavy (non-hydrogen) atoms. The van der Waals surface area contributed by atoms with Crippen molar-refractivity contribution in [3.8, 4) is 0 Å². The maximum Gasteiger partial charge on any atom is 0.320 e. The van der Waals surface area contributed by atoms with Crippen molar-refractivity contribution in [2.75, 3.05) is 5.75 Å². The molecule has 0 aromatic carbocycles. The van der Waals surface area contributed by atoms with Crippen molar-refractivity contribution in [2.24, 2.45) is 5.73 Å². The Morgan fingerprint density at radius 2 is 2.50 bits per heavy atom. The Labute approximate surface area is 76.7 Å². The van der Waals surface area contributed by atoms with Gasteiger partial charge in [0.2, 0.25) is 0 Å². The molecule has 0 amide bonds. The standard InChI is InChI=1S/C8H15NO2S/c1-8(3-2-4-12-8)5-6(9)7(10)11/h6H,2-5,9H2,1H3,(H,10,11). The third-order valence-electron chi connectivity index (χ3n) is 2.27. The van der Waals surface area contributed by atoms with Crippen molar-refractivity contribution >= 4 is 17.7 Å². The van der Waals surface area contributed by atoms with E-state index in [-0.39, 0.29) is 4.75 Å². The molecule has 1 aliphatic heterocycles. The SMILES string of the molecule is CC1(CC(N)C(=O)O)CCCS1. The molecule has 1 heterocycles. The van der Waals surface area contributed by atoms with Crippen LogP contribution in [0.2, 0.25) is 0 Å². The monoisotopic (exact) mass is 189 g/mol. The van der Waals surface area contributed by atoms with Crippen molar-refractivity contribution in [3.63, 3.8) is 0 Å². The van der Waals surface area contributed by atoms with Crippen LogP contribution in [0.25, 0.3) is 0 Å². The minimum atomic E-state index is -0.885. The molecule has 1 aliphatic rings. The highest BCUT2D eigenvalue weighted by Gasteiger charge is 2.33. The quantitative estimate of drug-likeness (QED) is 0.697. The van der Waals surface area contributed by atoms with Crippen LogP contribution >= 0.6 is 11.8 Å². The minimum Gasteiger partial charge on any atom is -0.480 e. The molecule has 4 heteroatoms. The highest BCUT2D eigenvalue weighted by atomic mass is 32.2. The Balaban J connectivity index is 2.43. The zero-order chi connectivity index (χ0) is 9.19. The Morgan fingerprint density at radius 1 is 1.83 bits per heavy atom. The summed E-state index contributed by atoms with van der Waals surface area (Å²) in [5.41, 5.74) is 5.47. The Morgan fingerprint density at radius 3 is 2.92 bits per heavy atom. The van der Waals surface area contributed by atoms with Crippen LogP contribution in [0, 0.1) is 0 Å². The molecule has 1 fully saturated rings. The molecule has 3 N–H and O–H groups in total. The van der Waals surface area contributed by atoms with Gasteiger partial charge >= 0.3 is 5.97 Å². The number of carboxylic acid groups (broad SMARTS) is 1. The summed E-state index contributed by atoms with van der Waals surface area (Å²) in [4.78, 5) is 10.5. The molecule has 70 valence electrons. The van der Waals surface area contributed by atoms with Crippen LogP contribution < -0.4 is 5.73 Å². The van der Waals surface area contributed by atoms with E-state index in [0.717, 1.165) is 12.2 Å². The second-order valence-corrected chi connectivity index (χ2v) is 5.23. The van der Waals surface area contributed by atoms with Crippen LogP contribution in [-0.4, -0.2) is 27.6 Å². The highest BCUT2D eigenvalue weighted by molar-refractivity contribution is 8.00. The van der Waals surface area contributed by atoms with Crippen LogP contribution in [0.15, 0.2) is 0 Å². The van der Waals surface area contributed by atoms with E-state index in [2.05, 4.69) is 6.92 Å². The molecule has 3 nitrogen and oxygen atoms in total. The zero-order valence-electron chi connectivity index (χ0n) is 7.25. The van der Waals surface area contributed by atoms with Crippen molar-refractivity contribution in [2.45, 2.75) is 37.0 Å². The second-order valence-electron chi connectivity index (χ2n) is 3.55. The third kappa shape index (κ3) is 2.38. The topological polar surface area (TPSA) is 63.3 Å². The maximum absolute atomic E-state index is 10.5. The number of aliphatic carboxylic acids is 1. The Hall–Kier alpha value is -0.220. The molecule has 0 saturated carbocycles. The summed E-state index contributed by atoms with van der Waals surface area (Å²) in [7, 11) is 0. The van der Waals surface area contributed by atoms with Crippen molar-refractivity contribution in [1.29, 1.82) is 0 Å². The van der Waals surface area contributed by atoms with Crippen molar-refractivity contribution < 1.29 is 9.90 Å². The lowest BCUT2D eigenvalue weighted by Crippen LogP contribution is -2.36. The largest absolute Gasteiger partial charge is 0.480 e. The van der Waals surface area contributed by atoms with Gasteiger partial charge in [-0.05, 0) is 25.0 Å². The molecule has 0 bridgehead atoms. The minimum absolute atomic E-state index is 0.109. The van der Waals surface area contributed by atoms with Gasteiger partial charge in [0.25, 0.3) is 0 Å². The summed E-state index contributed by atoms with van der Waals surface area (Å²) < 4.78 is 0.109. The Kier molecular flexibility index (Phi) is 3.01. The molecule has 0 radical (unpaired) electrons. The highest BCUT2D eigenvalue weighted by Crippen LogP contribution is 2.40.